The number of hydrogen-bond acceptors (Lipinski definition) is 20. The molecule has 0 spiro atoms. The van der Waals surface area contributed by atoms with Crippen LogP contribution in [-0.2, 0) is 85.7 Å². The first-order valence-corrected chi connectivity index (χ1v) is 40.9. The van der Waals surface area contributed by atoms with Crippen LogP contribution < -0.4 is 0 Å². The van der Waals surface area contributed by atoms with E-state index in [2.05, 4.69) is 27.7 Å². The summed E-state index contributed by atoms with van der Waals surface area (Å²) in [4.78, 5) is 97.4. The quantitative estimate of drug-likeness (QED) is 0.0753. The van der Waals surface area contributed by atoms with Crippen LogP contribution in [-0.4, -0.2) is 135 Å². The summed E-state index contributed by atoms with van der Waals surface area (Å²) in [7, 11) is 0. The lowest BCUT2D eigenvalue weighted by Crippen LogP contribution is -2.67. The summed E-state index contributed by atoms with van der Waals surface area (Å²) in [5, 5.41) is 21.3. The summed E-state index contributed by atoms with van der Waals surface area (Å²) in [5.41, 5.74) is -5.48. The smallest absolute Gasteiger partial charge is 0.344 e. The molecular weight excluding hydrogens is 1340 g/mol. The lowest BCUT2D eigenvalue weighted by Gasteiger charge is -2.62. The average molecular weight is 1480 g/mol. The maximum atomic E-state index is 12.8. The second kappa shape index (κ2) is 33.7. The van der Waals surface area contributed by atoms with Crippen LogP contribution in [0.1, 0.15) is 333 Å². The fourth-order valence-corrected chi connectivity index (χ4v) is 19.1. The molecular formula is C85H142O20. The van der Waals surface area contributed by atoms with E-state index in [4.69, 9.17) is 47.4 Å². The van der Waals surface area contributed by atoms with E-state index in [0.29, 0.717) is 62.2 Å². The first kappa shape index (κ1) is 87.8. The number of hydrogen-bond donors (Lipinski definition) is 2. The van der Waals surface area contributed by atoms with E-state index < -0.39 is 62.5 Å². The van der Waals surface area contributed by atoms with Gasteiger partial charge >= 0.3 is 47.8 Å². The average Bonchev–Trinajstić information content (AvgIpc) is 1.20. The molecule has 9 atom stereocenters. The molecule has 2 N–H and O–H groups in total. The molecule has 20 heteroatoms. The van der Waals surface area contributed by atoms with Crippen molar-refractivity contribution in [3.63, 3.8) is 0 Å². The Morgan fingerprint density at radius 2 is 0.981 bits per heavy atom. The Morgan fingerprint density at radius 1 is 0.514 bits per heavy atom. The molecule has 602 valence electrons. The van der Waals surface area contributed by atoms with Gasteiger partial charge in [-0.25, -0.2) is 4.79 Å². The summed E-state index contributed by atoms with van der Waals surface area (Å²) in [5.74, 6) is 1.68. The Morgan fingerprint density at radius 3 is 1.46 bits per heavy atom. The van der Waals surface area contributed by atoms with Gasteiger partial charge in [0, 0.05) is 31.6 Å². The van der Waals surface area contributed by atoms with Crippen molar-refractivity contribution in [2.75, 3.05) is 13.2 Å². The Balaban J connectivity index is 0.000000185. The van der Waals surface area contributed by atoms with E-state index in [1.807, 2.05) is 104 Å². The Hall–Kier alpha value is -4.40. The standard InChI is InChI=1S/C19H34O6.C19H32O2.C18H26O6.C16H26O4.C13H24O2/c1-9-18(5,6)16(21)22-12-14-10-13(23-19(7,8)24-14)11-15(20)25-17(2,3)4;1-6-18(4,5)17(20)21-19(12(2)3)15-8-13-7-14(10-15)11-16(19)9-13;1-4-18(2,3)17(21)22-9-14(19)24-15-11-5-10-6-12(8-11)16(20)23-13(15)7-10;1-4-13(2,3)12(17)20-16-7-11-5-14(18,9-16)8-15(19,6-11)10-16;1-5-12(3,4)11(14)15-13(6-2)9-7-8-10-13/h13-14H,9-12H2,1-8H3;12-16H,6-11H2,1-5H3;10-13,15H,4-9H2,1-3H3;11,18-19H,4-10H2,1-3H3;5-10H2,1-4H3. The highest BCUT2D eigenvalue weighted by molar-refractivity contribution is 5.80. The van der Waals surface area contributed by atoms with Gasteiger partial charge in [0.1, 0.15) is 41.2 Å². The van der Waals surface area contributed by atoms with E-state index in [1.165, 1.54) is 44.9 Å². The SMILES string of the molecule is CCC(C)(C)C(=O)OC1(C(C)C)C2CC3CC(C2)CC1C3.CCC(C)(C)C(=O)OC12CC3CC(O)(CC(O)(C3)C1)C2.CCC(C)(C)C(=O)OCC(=O)OC1C2CC3CC(C2)C(=O)OC1C3.CCC(C)(C)C(=O)OCC1CC(CC(=O)OC(C)(C)C)OC(C)(C)O1.CCC1(OC(=O)C(C)(C)CC)CCCC1. The van der Waals surface area contributed by atoms with E-state index in [-0.39, 0.29) is 114 Å². The predicted octanol–water partition coefficient (Wildman–Crippen LogP) is 16.5. The number of ether oxygens (including phenoxy) is 10. The molecule has 0 radical (unpaired) electrons. The molecule has 9 unspecified atom stereocenters. The van der Waals surface area contributed by atoms with Crippen LogP contribution in [0.3, 0.4) is 0 Å². The molecule has 14 rings (SSSR count). The van der Waals surface area contributed by atoms with Gasteiger partial charge < -0.3 is 57.6 Å². The zero-order valence-electron chi connectivity index (χ0n) is 69.3. The van der Waals surface area contributed by atoms with E-state index in [0.717, 1.165) is 95.3 Å². The highest BCUT2D eigenvalue weighted by Gasteiger charge is 2.66. The summed E-state index contributed by atoms with van der Waals surface area (Å²) < 4.78 is 56.6. The first-order chi connectivity index (χ1) is 48.4. The van der Waals surface area contributed by atoms with Gasteiger partial charge in [-0.2, -0.15) is 0 Å². The fourth-order valence-electron chi connectivity index (χ4n) is 19.1. The van der Waals surface area contributed by atoms with Crippen LogP contribution in [0.5, 0.6) is 0 Å². The second-order valence-electron chi connectivity index (χ2n) is 39.3. The number of esters is 8. The Kier molecular flexibility index (Phi) is 28.2. The lowest BCUT2D eigenvalue weighted by molar-refractivity contribution is -0.305. The van der Waals surface area contributed by atoms with Crippen LogP contribution >= 0.6 is 0 Å². The first-order valence-electron chi connectivity index (χ1n) is 40.9. The summed E-state index contributed by atoms with van der Waals surface area (Å²) in [6, 6.07) is 0. The Bertz CT molecular complexity index is 2970. The van der Waals surface area contributed by atoms with Crippen molar-refractivity contribution in [2.24, 2.45) is 80.3 Å². The van der Waals surface area contributed by atoms with E-state index >= 15 is 0 Å². The molecule has 105 heavy (non-hydrogen) atoms. The van der Waals surface area contributed by atoms with Gasteiger partial charge in [0.25, 0.3) is 0 Å². The topological polar surface area (TPSA) is 269 Å². The molecule has 0 aromatic carbocycles. The second-order valence-corrected chi connectivity index (χ2v) is 39.3. The van der Waals surface area contributed by atoms with Crippen LogP contribution in [0, 0.1) is 80.3 Å². The maximum absolute atomic E-state index is 12.8. The van der Waals surface area contributed by atoms with Crippen LogP contribution in [0.4, 0.5) is 0 Å². The normalized spacial score (nSPS) is 33.6. The van der Waals surface area contributed by atoms with Crippen molar-refractivity contribution in [3.8, 4) is 0 Å². The number of rotatable bonds is 22. The number of aliphatic hydroxyl groups is 2. The van der Waals surface area contributed by atoms with E-state index in [1.54, 1.807) is 27.7 Å². The van der Waals surface area contributed by atoms with Gasteiger partial charge in [-0.1, -0.05) is 55.4 Å². The summed E-state index contributed by atoms with van der Waals surface area (Å²) in [6.45, 7) is 44.5. The van der Waals surface area contributed by atoms with Crippen LogP contribution in [0.2, 0.25) is 0 Å². The zero-order chi connectivity index (χ0) is 78.7. The number of carbonyl (C=O) groups excluding carboxylic acids is 8. The van der Waals surface area contributed by atoms with Crippen molar-refractivity contribution in [1.82, 2.24) is 0 Å². The lowest BCUT2D eigenvalue weighted by atomic mass is 9.47. The third-order valence-electron chi connectivity index (χ3n) is 26.6. The molecule has 12 bridgehead atoms. The van der Waals surface area contributed by atoms with Gasteiger partial charge in [0.2, 0.25) is 0 Å². The molecule has 20 nitrogen and oxygen atoms in total. The maximum Gasteiger partial charge on any atom is 0.344 e. The van der Waals surface area contributed by atoms with Crippen molar-refractivity contribution < 1.29 is 95.9 Å². The van der Waals surface area contributed by atoms with Gasteiger partial charge in [-0.05, 0) is 287 Å². The number of fused-ring (bicyclic) bond motifs is 1. The number of carbonyl (C=O) groups is 8. The molecule has 14 fully saturated rings. The molecule has 14 aliphatic rings. The molecule has 3 aliphatic heterocycles. The highest BCUT2D eigenvalue weighted by atomic mass is 16.7. The molecule has 0 aromatic rings. The van der Waals surface area contributed by atoms with Crippen molar-refractivity contribution >= 4 is 47.8 Å². The molecule has 0 aromatic heterocycles. The third kappa shape index (κ3) is 22.0. The van der Waals surface area contributed by atoms with Crippen LogP contribution in [0.25, 0.3) is 0 Å². The Labute approximate surface area is 630 Å². The van der Waals surface area contributed by atoms with Crippen molar-refractivity contribution in [1.29, 1.82) is 0 Å². The van der Waals surface area contributed by atoms with E-state index in [9.17, 15) is 48.6 Å². The van der Waals surface area contributed by atoms with Crippen molar-refractivity contribution in [3.05, 3.63) is 0 Å². The van der Waals surface area contributed by atoms with Gasteiger partial charge in [0.15, 0.2) is 12.4 Å². The molecule has 11 saturated carbocycles. The molecule has 3 heterocycles. The van der Waals surface area contributed by atoms with Gasteiger partial charge in [-0.3, -0.25) is 33.6 Å². The fraction of sp³-hybridized carbons (Fsp3) is 0.906. The van der Waals surface area contributed by atoms with Crippen molar-refractivity contribution in [2.45, 2.75) is 396 Å². The molecule has 3 saturated heterocycles. The minimum atomic E-state index is -0.845. The monoisotopic (exact) mass is 1480 g/mol. The van der Waals surface area contributed by atoms with Crippen LogP contribution in [0.15, 0.2) is 0 Å². The highest BCUT2D eigenvalue weighted by Crippen LogP contribution is 2.63. The largest absolute Gasteiger partial charge is 0.463 e. The summed E-state index contributed by atoms with van der Waals surface area (Å²) in [6.07, 6.45) is 22.1. The minimum absolute atomic E-state index is 0.0197. The predicted molar refractivity (Wildman–Crippen MR) is 398 cm³/mol. The minimum Gasteiger partial charge on any atom is -0.463 e. The van der Waals surface area contributed by atoms with Gasteiger partial charge in [0.05, 0.1) is 62.8 Å². The summed E-state index contributed by atoms with van der Waals surface area (Å²) >= 11 is 0. The van der Waals surface area contributed by atoms with Gasteiger partial charge in [-0.15, -0.1) is 0 Å². The molecule has 11 aliphatic carbocycles. The zero-order valence-corrected chi connectivity index (χ0v) is 69.3. The third-order valence-corrected chi connectivity index (χ3v) is 26.6. The molecule has 0 amide bonds.